The number of rotatable bonds is 24. The van der Waals surface area contributed by atoms with E-state index < -0.39 is 18.0 Å². The molecule has 0 bridgehead atoms. The minimum Gasteiger partial charge on any atom is -0.464 e. The van der Waals surface area contributed by atoms with Gasteiger partial charge in [0, 0.05) is 50.5 Å². The molecule has 0 fully saturated rings. The summed E-state index contributed by atoms with van der Waals surface area (Å²) in [6.07, 6.45) is 0.663. The van der Waals surface area contributed by atoms with Gasteiger partial charge in [0.15, 0.2) is 0 Å². The van der Waals surface area contributed by atoms with Crippen LogP contribution in [0.1, 0.15) is 59.9 Å². The molecule has 56 heavy (non-hydrogen) atoms. The molecule has 1 atom stereocenters. The van der Waals surface area contributed by atoms with Gasteiger partial charge >= 0.3 is 11.9 Å². The highest BCUT2D eigenvalue weighted by atomic mass is 16.5. The fraction of sp³-hybridized carbons (Fsp3) is 0.390. The van der Waals surface area contributed by atoms with E-state index in [-0.39, 0.29) is 37.1 Å². The number of ether oxygens (including phenoxy) is 4. The van der Waals surface area contributed by atoms with Gasteiger partial charge in [0.1, 0.15) is 11.4 Å². The van der Waals surface area contributed by atoms with E-state index in [0.717, 1.165) is 11.1 Å². The molecule has 15 heteroatoms. The van der Waals surface area contributed by atoms with Crippen LogP contribution in [0.3, 0.4) is 0 Å². The van der Waals surface area contributed by atoms with Crippen molar-refractivity contribution in [2.45, 2.75) is 19.0 Å². The Morgan fingerprint density at radius 1 is 0.732 bits per heavy atom. The third kappa shape index (κ3) is 13.8. The van der Waals surface area contributed by atoms with E-state index in [1.54, 1.807) is 42.5 Å². The lowest BCUT2D eigenvalue weighted by atomic mass is 9.99. The minimum atomic E-state index is -0.572. The van der Waals surface area contributed by atoms with Crippen molar-refractivity contribution >= 4 is 23.5 Å². The number of nitrogens with one attached hydrogen (secondary N) is 1. The Morgan fingerprint density at radius 2 is 1.36 bits per heavy atom. The predicted molar refractivity (Wildman–Crippen MR) is 209 cm³/mol. The third-order valence-corrected chi connectivity index (χ3v) is 8.82. The van der Waals surface area contributed by atoms with Crippen LogP contribution in [0, 0.1) is 0 Å². The maximum Gasteiger partial charge on any atom is 0.356 e. The zero-order valence-electron chi connectivity index (χ0n) is 32.0. The zero-order valence-corrected chi connectivity index (χ0v) is 32.0. The molecule has 0 aliphatic heterocycles. The van der Waals surface area contributed by atoms with E-state index in [9.17, 15) is 24.6 Å². The van der Waals surface area contributed by atoms with Crippen molar-refractivity contribution < 1.29 is 43.5 Å². The number of benzene rings is 2. The van der Waals surface area contributed by atoms with Crippen molar-refractivity contribution in [3.63, 3.8) is 0 Å². The van der Waals surface area contributed by atoms with Crippen LogP contribution in [-0.4, -0.2) is 134 Å². The van der Waals surface area contributed by atoms with Crippen LogP contribution in [0.2, 0.25) is 0 Å². The van der Waals surface area contributed by atoms with Crippen molar-refractivity contribution in [1.82, 2.24) is 25.1 Å². The van der Waals surface area contributed by atoms with E-state index in [0.29, 0.717) is 88.2 Å². The molecule has 0 spiro atoms. The van der Waals surface area contributed by atoms with E-state index in [2.05, 4.69) is 15.3 Å². The highest BCUT2D eigenvalue weighted by Crippen LogP contribution is 2.28. The molecule has 300 valence electrons. The number of carbonyl (C=O) groups is 3. The second kappa shape index (κ2) is 23.6. The number of amides is 1. The Morgan fingerprint density at radius 3 is 2.00 bits per heavy atom. The number of pyridine rings is 2. The lowest BCUT2D eigenvalue weighted by molar-refractivity contribution is 0.0245. The number of nitrogen functional groups attached to an aromatic ring is 1. The number of methoxy groups -OCH3 is 2. The third-order valence-electron chi connectivity index (χ3n) is 8.82. The largest absolute Gasteiger partial charge is 0.464 e. The van der Waals surface area contributed by atoms with Gasteiger partial charge in [-0.25, -0.2) is 19.6 Å². The maximum absolute atomic E-state index is 13.0. The first-order valence-electron chi connectivity index (χ1n) is 18.4. The standard InChI is InChI=1S/C41H52N6O9/c1-53-40(51)36-7-3-5-34(44-36)29-46(19-23-48)21-25-55-27-28-56-26-22-47(20-24-49)38(35-6-4-8-37(45-35)41(52)54-2)31-11-13-32(14-12-31)39(50)43-18-17-30-9-15-33(42)16-10-30/h3-16,38,48-49H,17-29,42H2,1-2H3,(H,43,50). The summed E-state index contributed by atoms with van der Waals surface area (Å²) in [7, 11) is 2.60. The van der Waals surface area contributed by atoms with E-state index in [4.69, 9.17) is 24.7 Å². The first-order chi connectivity index (χ1) is 27.3. The minimum absolute atomic E-state index is 0.0425. The summed E-state index contributed by atoms with van der Waals surface area (Å²) < 4.78 is 21.4. The quantitative estimate of drug-likeness (QED) is 0.0460. The van der Waals surface area contributed by atoms with Gasteiger partial charge in [-0.2, -0.15) is 0 Å². The van der Waals surface area contributed by atoms with Gasteiger partial charge < -0.3 is 40.2 Å². The Kier molecular flexibility index (Phi) is 18.3. The molecule has 2 heterocycles. The molecule has 0 radical (unpaired) electrons. The van der Waals surface area contributed by atoms with Crippen molar-refractivity contribution in [2.24, 2.45) is 0 Å². The molecular weight excluding hydrogens is 720 g/mol. The second-order valence-corrected chi connectivity index (χ2v) is 12.7. The number of anilines is 1. The Hall–Kier alpha value is -5.29. The number of aliphatic hydroxyl groups is 2. The fourth-order valence-corrected chi connectivity index (χ4v) is 5.94. The monoisotopic (exact) mass is 772 g/mol. The summed E-state index contributed by atoms with van der Waals surface area (Å²) in [5.41, 5.74) is 10.4. The number of hydrogen-bond donors (Lipinski definition) is 4. The van der Waals surface area contributed by atoms with Gasteiger partial charge in [-0.1, -0.05) is 36.4 Å². The number of aliphatic hydroxyl groups excluding tert-OH is 2. The van der Waals surface area contributed by atoms with E-state index >= 15 is 0 Å². The van der Waals surface area contributed by atoms with Crippen LogP contribution >= 0.6 is 0 Å². The van der Waals surface area contributed by atoms with Crippen LogP contribution in [0.4, 0.5) is 5.69 Å². The van der Waals surface area contributed by atoms with Crippen LogP contribution in [0.5, 0.6) is 0 Å². The fourth-order valence-electron chi connectivity index (χ4n) is 5.94. The Labute approximate surface area is 327 Å². The summed E-state index contributed by atoms with van der Waals surface area (Å²) in [5, 5.41) is 22.6. The number of carbonyl (C=O) groups excluding carboxylic acids is 3. The highest BCUT2D eigenvalue weighted by Gasteiger charge is 2.25. The molecule has 15 nitrogen and oxygen atoms in total. The topological polar surface area (TPSA) is 199 Å². The number of esters is 2. The lowest BCUT2D eigenvalue weighted by Crippen LogP contribution is -2.36. The molecule has 2 aromatic heterocycles. The smallest absolute Gasteiger partial charge is 0.356 e. The number of aromatic nitrogens is 2. The van der Waals surface area contributed by atoms with Crippen LogP contribution < -0.4 is 11.1 Å². The molecule has 0 saturated carbocycles. The van der Waals surface area contributed by atoms with Crippen LogP contribution in [-0.2, 0) is 31.9 Å². The van der Waals surface area contributed by atoms with Gasteiger partial charge in [0.05, 0.1) is 71.3 Å². The first-order valence-corrected chi connectivity index (χ1v) is 18.4. The van der Waals surface area contributed by atoms with E-state index in [1.807, 2.05) is 52.3 Å². The lowest BCUT2D eigenvalue weighted by Gasteiger charge is -2.31. The molecule has 0 aliphatic rings. The van der Waals surface area contributed by atoms with Crippen molar-refractivity contribution in [1.29, 1.82) is 0 Å². The average molecular weight is 773 g/mol. The Balaban J connectivity index is 1.33. The molecular formula is C41H52N6O9. The molecule has 5 N–H and O–H groups in total. The number of hydrogen-bond acceptors (Lipinski definition) is 14. The molecule has 4 aromatic rings. The normalized spacial score (nSPS) is 11.8. The van der Waals surface area contributed by atoms with Gasteiger partial charge in [0.2, 0.25) is 0 Å². The highest BCUT2D eigenvalue weighted by molar-refractivity contribution is 5.94. The summed E-state index contributed by atoms with van der Waals surface area (Å²) in [6.45, 7) is 3.66. The van der Waals surface area contributed by atoms with Gasteiger partial charge in [-0.15, -0.1) is 0 Å². The first kappa shape index (κ1) is 43.4. The average Bonchev–Trinajstić information content (AvgIpc) is 3.22. The van der Waals surface area contributed by atoms with Crippen molar-refractivity contribution in [3.05, 3.63) is 124 Å². The van der Waals surface area contributed by atoms with Crippen molar-refractivity contribution in [2.75, 3.05) is 92.3 Å². The van der Waals surface area contributed by atoms with Gasteiger partial charge in [-0.3, -0.25) is 14.6 Å². The zero-order chi connectivity index (χ0) is 40.1. The molecule has 1 unspecified atom stereocenters. The SMILES string of the molecule is COC(=O)c1cccc(CN(CCO)CCOCCOCCN(CCO)C(c2ccc(C(=O)NCCc3ccc(N)cc3)cc2)c2cccc(C(=O)OC)n2)n1. The molecule has 0 aliphatic carbocycles. The predicted octanol–water partition coefficient (Wildman–Crippen LogP) is 2.52. The summed E-state index contributed by atoms with van der Waals surface area (Å²) in [4.78, 5) is 50.2. The van der Waals surface area contributed by atoms with Crippen LogP contribution in [0.15, 0.2) is 84.9 Å². The maximum atomic E-state index is 13.0. The van der Waals surface area contributed by atoms with E-state index in [1.165, 1.54) is 14.2 Å². The molecule has 4 rings (SSSR count). The van der Waals surface area contributed by atoms with Crippen molar-refractivity contribution in [3.8, 4) is 0 Å². The van der Waals surface area contributed by atoms with Crippen LogP contribution in [0.25, 0.3) is 0 Å². The number of nitrogens with two attached hydrogens (primary N) is 1. The second-order valence-electron chi connectivity index (χ2n) is 12.7. The van der Waals surface area contributed by atoms with Gasteiger partial charge in [-0.05, 0) is 66.1 Å². The Bertz CT molecular complexity index is 1810. The summed E-state index contributed by atoms with van der Waals surface area (Å²) >= 11 is 0. The summed E-state index contributed by atoms with van der Waals surface area (Å²) in [6, 6.07) is 24.5. The molecule has 1 amide bonds. The number of nitrogens with zero attached hydrogens (tertiary/aromatic N) is 4. The van der Waals surface area contributed by atoms with Gasteiger partial charge in [0.25, 0.3) is 5.91 Å². The molecule has 0 saturated heterocycles. The molecule has 2 aromatic carbocycles. The summed E-state index contributed by atoms with van der Waals surface area (Å²) in [5.74, 6) is -1.29.